The maximum atomic E-state index is 12.0. The second kappa shape index (κ2) is 8.13. The zero-order valence-electron chi connectivity index (χ0n) is 13.3. The molecule has 2 heterocycles. The minimum atomic E-state index is -0.208. The Balaban J connectivity index is 1.54. The molecule has 5 nitrogen and oxygen atoms in total. The Hall–Kier alpha value is -2.11. The van der Waals surface area contributed by atoms with Crippen LogP contribution in [0, 0.1) is 5.92 Å². The highest BCUT2D eigenvalue weighted by molar-refractivity contribution is 6.32. The molecule has 1 aliphatic rings. The molecule has 0 unspecified atom stereocenters. The number of aromatic nitrogens is 2. The number of halogens is 1. The molecule has 1 aliphatic heterocycles. The Morgan fingerprint density at radius 3 is 2.96 bits per heavy atom. The van der Waals surface area contributed by atoms with Gasteiger partial charge < -0.3 is 10.1 Å². The number of rotatable bonds is 5. The van der Waals surface area contributed by atoms with E-state index in [1.54, 1.807) is 18.3 Å². The number of carbonyl (C=O) groups excluding carboxylic acids is 1. The van der Waals surface area contributed by atoms with Gasteiger partial charge in [-0.15, -0.1) is 0 Å². The van der Waals surface area contributed by atoms with E-state index in [1.807, 2.05) is 29.1 Å². The Bertz CT molecular complexity index is 721. The van der Waals surface area contributed by atoms with E-state index in [4.69, 9.17) is 16.3 Å². The topological polar surface area (TPSA) is 56.2 Å². The smallest absolute Gasteiger partial charge is 0.248 e. The number of amides is 1. The van der Waals surface area contributed by atoms with Gasteiger partial charge in [0, 0.05) is 37.1 Å². The summed E-state index contributed by atoms with van der Waals surface area (Å²) in [6, 6.07) is 7.38. The van der Waals surface area contributed by atoms with Gasteiger partial charge in [0.05, 0.1) is 11.9 Å². The van der Waals surface area contributed by atoms with E-state index in [1.165, 1.54) is 6.08 Å². The van der Waals surface area contributed by atoms with Crippen molar-refractivity contribution in [2.45, 2.75) is 19.4 Å². The Labute approximate surface area is 146 Å². The lowest BCUT2D eigenvalue weighted by Gasteiger charge is -2.21. The molecule has 0 atom stereocenters. The van der Waals surface area contributed by atoms with E-state index in [0.717, 1.165) is 38.2 Å². The monoisotopic (exact) mass is 345 g/mol. The van der Waals surface area contributed by atoms with Gasteiger partial charge in [-0.3, -0.25) is 9.48 Å². The van der Waals surface area contributed by atoms with Crippen LogP contribution in [-0.2, 0) is 16.1 Å². The van der Waals surface area contributed by atoms with Crippen molar-refractivity contribution >= 4 is 29.3 Å². The SMILES string of the molecule is O=C(C=Cc1ccccc1Cl)Nc1cnn(CC2CCOCC2)c1. The Morgan fingerprint density at radius 2 is 2.17 bits per heavy atom. The normalized spacial score (nSPS) is 15.7. The van der Waals surface area contributed by atoms with Crippen molar-refractivity contribution in [3.8, 4) is 0 Å². The largest absolute Gasteiger partial charge is 0.381 e. The summed E-state index contributed by atoms with van der Waals surface area (Å²) in [7, 11) is 0. The summed E-state index contributed by atoms with van der Waals surface area (Å²) in [6.07, 6.45) is 8.81. The Morgan fingerprint density at radius 1 is 1.38 bits per heavy atom. The van der Waals surface area contributed by atoms with E-state index in [2.05, 4.69) is 10.4 Å². The zero-order valence-corrected chi connectivity index (χ0v) is 14.1. The first-order valence-electron chi connectivity index (χ1n) is 8.04. The summed E-state index contributed by atoms with van der Waals surface area (Å²) >= 11 is 6.06. The van der Waals surface area contributed by atoms with Gasteiger partial charge in [0.2, 0.25) is 5.91 Å². The number of carbonyl (C=O) groups is 1. The summed E-state index contributed by atoms with van der Waals surface area (Å²) < 4.78 is 7.24. The number of hydrogen-bond acceptors (Lipinski definition) is 3. The minimum Gasteiger partial charge on any atom is -0.381 e. The van der Waals surface area contributed by atoms with E-state index in [9.17, 15) is 4.79 Å². The average molecular weight is 346 g/mol. The van der Waals surface area contributed by atoms with Crippen molar-refractivity contribution in [1.82, 2.24) is 9.78 Å². The summed E-state index contributed by atoms with van der Waals surface area (Å²) in [6.45, 7) is 2.50. The Kier molecular flexibility index (Phi) is 5.67. The molecule has 3 rings (SSSR count). The maximum absolute atomic E-state index is 12.0. The first-order valence-corrected chi connectivity index (χ1v) is 8.42. The lowest BCUT2D eigenvalue weighted by Crippen LogP contribution is -2.20. The predicted molar refractivity (Wildman–Crippen MR) is 94.9 cm³/mol. The fourth-order valence-electron chi connectivity index (χ4n) is 2.68. The van der Waals surface area contributed by atoms with Crippen molar-refractivity contribution in [1.29, 1.82) is 0 Å². The van der Waals surface area contributed by atoms with Crippen molar-refractivity contribution in [3.05, 3.63) is 53.3 Å². The molecule has 0 spiro atoms. The summed E-state index contributed by atoms with van der Waals surface area (Å²) in [5.74, 6) is 0.378. The third-order valence-corrected chi connectivity index (χ3v) is 4.35. The van der Waals surface area contributed by atoms with Crippen LogP contribution in [0.25, 0.3) is 6.08 Å². The molecule has 0 aliphatic carbocycles. The molecule has 1 N–H and O–H groups in total. The molecule has 0 saturated carbocycles. The molecule has 6 heteroatoms. The highest BCUT2D eigenvalue weighted by Gasteiger charge is 2.14. The lowest BCUT2D eigenvalue weighted by atomic mass is 10.0. The van der Waals surface area contributed by atoms with Crippen molar-refractivity contribution in [3.63, 3.8) is 0 Å². The predicted octanol–water partition coefficient (Wildman–Crippen LogP) is 3.62. The third-order valence-electron chi connectivity index (χ3n) is 4.01. The second-order valence-electron chi connectivity index (χ2n) is 5.85. The maximum Gasteiger partial charge on any atom is 0.248 e. The van der Waals surface area contributed by atoms with Gasteiger partial charge in [-0.05, 0) is 36.5 Å². The number of ether oxygens (including phenoxy) is 1. The van der Waals surface area contributed by atoms with Crippen molar-refractivity contribution in [2.75, 3.05) is 18.5 Å². The fraction of sp³-hybridized carbons (Fsp3) is 0.333. The molecule has 0 bridgehead atoms. The first-order chi connectivity index (χ1) is 11.7. The molecule has 126 valence electrons. The van der Waals surface area contributed by atoms with Crippen LogP contribution in [0.1, 0.15) is 18.4 Å². The number of anilines is 1. The van der Waals surface area contributed by atoms with Crippen LogP contribution in [0.4, 0.5) is 5.69 Å². The van der Waals surface area contributed by atoms with Crippen LogP contribution in [0.15, 0.2) is 42.7 Å². The number of benzene rings is 1. The van der Waals surface area contributed by atoms with Crippen LogP contribution < -0.4 is 5.32 Å². The molecule has 2 aromatic rings. The second-order valence-corrected chi connectivity index (χ2v) is 6.26. The summed E-state index contributed by atoms with van der Waals surface area (Å²) in [5, 5.41) is 7.74. The van der Waals surface area contributed by atoms with Crippen LogP contribution in [0.3, 0.4) is 0 Å². The van der Waals surface area contributed by atoms with E-state index in [-0.39, 0.29) is 5.91 Å². The van der Waals surface area contributed by atoms with Crippen molar-refractivity contribution < 1.29 is 9.53 Å². The van der Waals surface area contributed by atoms with Crippen LogP contribution in [-0.4, -0.2) is 28.9 Å². The lowest BCUT2D eigenvalue weighted by molar-refractivity contribution is -0.111. The molecule has 1 amide bonds. The third kappa shape index (κ3) is 4.69. The number of nitrogens with zero attached hydrogens (tertiary/aromatic N) is 2. The number of hydrogen-bond donors (Lipinski definition) is 1. The van der Waals surface area contributed by atoms with E-state index < -0.39 is 0 Å². The van der Waals surface area contributed by atoms with Gasteiger partial charge in [0.1, 0.15) is 0 Å². The molecule has 1 aromatic carbocycles. The van der Waals surface area contributed by atoms with Crippen LogP contribution in [0.5, 0.6) is 0 Å². The summed E-state index contributed by atoms with van der Waals surface area (Å²) in [5.41, 5.74) is 1.50. The molecule has 1 aromatic heterocycles. The van der Waals surface area contributed by atoms with Gasteiger partial charge in [0.15, 0.2) is 0 Å². The molecular weight excluding hydrogens is 326 g/mol. The molecule has 1 saturated heterocycles. The van der Waals surface area contributed by atoms with Gasteiger partial charge in [-0.2, -0.15) is 5.10 Å². The molecule has 24 heavy (non-hydrogen) atoms. The van der Waals surface area contributed by atoms with E-state index in [0.29, 0.717) is 16.6 Å². The molecular formula is C18H20ClN3O2. The number of nitrogens with one attached hydrogen (secondary N) is 1. The van der Waals surface area contributed by atoms with Crippen molar-refractivity contribution in [2.24, 2.45) is 5.92 Å². The zero-order chi connectivity index (χ0) is 16.8. The van der Waals surface area contributed by atoms with Gasteiger partial charge in [-0.25, -0.2) is 0 Å². The average Bonchev–Trinajstić information content (AvgIpc) is 3.02. The van der Waals surface area contributed by atoms with Gasteiger partial charge >= 0.3 is 0 Å². The molecule has 1 fully saturated rings. The van der Waals surface area contributed by atoms with E-state index >= 15 is 0 Å². The minimum absolute atomic E-state index is 0.208. The van der Waals surface area contributed by atoms with Crippen LogP contribution >= 0.6 is 11.6 Å². The molecule has 0 radical (unpaired) electrons. The quantitative estimate of drug-likeness (QED) is 0.842. The van der Waals surface area contributed by atoms with Crippen LogP contribution in [0.2, 0.25) is 5.02 Å². The van der Waals surface area contributed by atoms with Gasteiger partial charge in [0.25, 0.3) is 0 Å². The summed E-state index contributed by atoms with van der Waals surface area (Å²) in [4.78, 5) is 12.0. The standard InChI is InChI=1S/C18H20ClN3O2/c19-17-4-2-1-3-15(17)5-6-18(23)21-16-11-20-22(13-16)12-14-7-9-24-10-8-14/h1-6,11,13-14H,7-10,12H2,(H,21,23). The fourth-order valence-corrected chi connectivity index (χ4v) is 2.88. The van der Waals surface area contributed by atoms with Gasteiger partial charge in [-0.1, -0.05) is 29.8 Å². The highest BCUT2D eigenvalue weighted by Crippen LogP contribution is 2.18. The highest BCUT2D eigenvalue weighted by atomic mass is 35.5. The first kappa shape index (κ1) is 16.7.